The second-order valence-electron chi connectivity index (χ2n) is 6.78. The zero-order valence-corrected chi connectivity index (χ0v) is 25.0. The molecule has 4 aromatic rings. The van der Waals surface area contributed by atoms with Crippen LogP contribution in [0.3, 0.4) is 0 Å². The number of nitrogens with zero attached hydrogens (tertiary/aromatic N) is 4. The number of thiazole rings is 2. The molecule has 0 aromatic carbocycles. The van der Waals surface area contributed by atoms with E-state index >= 15 is 0 Å². The van der Waals surface area contributed by atoms with Crippen LogP contribution in [-0.2, 0) is 5.60 Å². The number of carbonyl (C=O) groups is 1. The Kier molecular flexibility index (Phi) is 18.3. The van der Waals surface area contributed by atoms with Gasteiger partial charge in [-0.05, 0) is 57.8 Å². The van der Waals surface area contributed by atoms with Crippen LogP contribution in [-0.4, -0.2) is 30.8 Å². The summed E-state index contributed by atoms with van der Waals surface area (Å²) >= 11 is 9.57. The summed E-state index contributed by atoms with van der Waals surface area (Å²) in [5.74, 6) is 0.0359. The molecule has 35 heavy (non-hydrogen) atoms. The van der Waals surface area contributed by atoms with Crippen molar-refractivity contribution >= 4 is 60.3 Å². The molecule has 0 spiro atoms. The number of hydrogen-bond donors (Lipinski definition) is 1. The first-order chi connectivity index (χ1) is 16.2. The van der Waals surface area contributed by atoms with Crippen LogP contribution in [0.5, 0.6) is 0 Å². The van der Waals surface area contributed by atoms with Gasteiger partial charge in [-0.1, -0.05) is 13.3 Å². The zero-order valence-electron chi connectivity index (χ0n) is 20.2. The van der Waals surface area contributed by atoms with Crippen LogP contribution in [0.2, 0.25) is 0 Å². The van der Waals surface area contributed by atoms with Crippen molar-refractivity contribution in [1.29, 1.82) is 0 Å². The molecule has 1 unspecified atom stereocenters. The van der Waals surface area contributed by atoms with E-state index in [2.05, 4.69) is 65.6 Å². The molecule has 0 aliphatic heterocycles. The smallest absolute Gasteiger partial charge is 0.378 e. The Morgan fingerprint density at radius 1 is 1.06 bits per heavy atom. The Bertz CT molecular complexity index is 1060. The van der Waals surface area contributed by atoms with Crippen molar-refractivity contribution in [1.82, 2.24) is 19.9 Å². The molecular formula is C24H27Br2LiN4O2S2. The first-order valence-corrected chi connectivity index (χ1v) is 13.6. The monoisotopic (exact) mass is 632 g/mol. The SMILES string of the molecule is CC(=O)c1cncc(Br)c1.CC(O)(c1cncc(Br)c1)c1nccs1.[CH2-]CCC.[Li+].c1cscn1. The Labute approximate surface area is 244 Å². The van der Waals surface area contributed by atoms with E-state index in [9.17, 15) is 9.90 Å². The molecule has 0 saturated heterocycles. The normalized spacial score (nSPS) is 11.1. The summed E-state index contributed by atoms with van der Waals surface area (Å²) in [5.41, 5.74) is 2.08. The molecule has 0 bridgehead atoms. The van der Waals surface area contributed by atoms with Gasteiger partial charge in [-0.25, -0.2) is 4.98 Å². The quantitative estimate of drug-likeness (QED) is 0.204. The fraction of sp³-hybridized carbons (Fsp3) is 0.250. The number of aromatic nitrogens is 4. The molecule has 0 saturated carbocycles. The maximum atomic E-state index is 10.7. The number of pyridine rings is 2. The molecular weight excluding hydrogens is 607 g/mol. The van der Waals surface area contributed by atoms with Crippen molar-refractivity contribution in [3.63, 3.8) is 0 Å². The van der Waals surface area contributed by atoms with Crippen molar-refractivity contribution in [2.45, 2.75) is 39.2 Å². The number of halogens is 2. The summed E-state index contributed by atoms with van der Waals surface area (Å²) in [7, 11) is 0. The summed E-state index contributed by atoms with van der Waals surface area (Å²) in [6.45, 7) is 8.96. The number of unbranched alkanes of at least 4 members (excludes halogenated alkanes) is 1. The van der Waals surface area contributed by atoms with Gasteiger partial charge in [0.15, 0.2) is 5.78 Å². The third kappa shape index (κ3) is 13.6. The van der Waals surface area contributed by atoms with Gasteiger partial charge >= 0.3 is 18.9 Å². The number of carbonyl (C=O) groups excluding carboxylic acids is 1. The van der Waals surface area contributed by atoms with Crippen LogP contribution in [0.1, 0.15) is 54.5 Å². The molecule has 11 heteroatoms. The maximum absolute atomic E-state index is 10.7. The minimum absolute atomic E-state index is 0. The molecule has 6 nitrogen and oxygen atoms in total. The zero-order chi connectivity index (χ0) is 25.4. The summed E-state index contributed by atoms with van der Waals surface area (Å²) in [4.78, 5) is 26.5. The van der Waals surface area contributed by atoms with Crippen molar-refractivity contribution in [2.24, 2.45) is 0 Å². The van der Waals surface area contributed by atoms with Crippen molar-refractivity contribution in [3.8, 4) is 0 Å². The number of aliphatic hydroxyl groups is 1. The molecule has 0 radical (unpaired) electrons. The largest absolute Gasteiger partial charge is 1.00 e. The standard InChI is InChI=1S/C10H9BrN2OS.C7H6BrNO.C4H9.C3H3NS.Li/c1-10(14,9-13-2-3-15-9)7-4-8(11)6-12-5-7;1-5(10)6-2-7(8)4-9-3-6;1-3-4-2;1-2-5-3-4-1;/h2-6,14H,1H3;2-4H,1H3;1,3-4H2,2H3;1-3H;/q;;-1;;+1. The van der Waals surface area contributed by atoms with E-state index in [1.165, 1.54) is 24.7 Å². The molecule has 0 aliphatic carbocycles. The van der Waals surface area contributed by atoms with Gasteiger partial charge in [-0.3, -0.25) is 19.7 Å². The van der Waals surface area contributed by atoms with E-state index < -0.39 is 5.60 Å². The molecule has 4 heterocycles. The van der Waals surface area contributed by atoms with Gasteiger partial charge in [-0.15, -0.1) is 22.7 Å². The van der Waals surface area contributed by atoms with Crippen molar-refractivity contribution < 1.29 is 28.8 Å². The number of rotatable bonds is 4. The third-order valence-corrected chi connectivity index (χ3v) is 6.30. The van der Waals surface area contributed by atoms with Gasteiger partial charge in [0.1, 0.15) is 10.6 Å². The summed E-state index contributed by atoms with van der Waals surface area (Å²) in [5, 5.41) is 14.8. The number of Topliss-reactive ketones (excluding diaryl/α,β-unsaturated/α-hetero) is 1. The van der Waals surface area contributed by atoms with Crippen LogP contribution >= 0.6 is 54.5 Å². The summed E-state index contributed by atoms with van der Waals surface area (Å²) < 4.78 is 1.68. The minimum atomic E-state index is -1.08. The molecule has 0 fully saturated rings. The van der Waals surface area contributed by atoms with E-state index in [1.54, 1.807) is 67.0 Å². The van der Waals surface area contributed by atoms with Gasteiger partial charge in [0.05, 0.1) is 5.51 Å². The summed E-state index contributed by atoms with van der Waals surface area (Å²) in [6, 6.07) is 3.59. The predicted octanol–water partition coefficient (Wildman–Crippen LogP) is 4.37. The molecule has 1 atom stereocenters. The molecule has 4 rings (SSSR count). The van der Waals surface area contributed by atoms with Gasteiger partial charge in [0.25, 0.3) is 0 Å². The van der Waals surface area contributed by atoms with Crippen LogP contribution in [0.4, 0.5) is 0 Å². The average molecular weight is 634 g/mol. The Morgan fingerprint density at radius 2 is 1.69 bits per heavy atom. The number of hydrogen-bond acceptors (Lipinski definition) is 8. The van der Waals surface area contributed by atoms with E-state index in [1.807, 2.05) is 16.8 Å². The molecule has 1 N–H and O–H groups in total. The first-order valence-electron chi connectivity index (χ1n) is 10.2. The van der Waals surface area contributed by atoms with Gasteiger partial charge in [0.2, 0.25) is 0 Å². The predicted molar refractivity (Wildman–Crippen MR) is 147 cm³/mol. The fourth-order valence-corrected chi connectivity index (χ4v) is 3.85. The van der Waals surface area contributed by atoms with E-state index in [4.69, 9.17) is 0 Å². The van der Waals surface area contributed by atoms with Crippen LogP contribution < -0.4 is 18.9 Å². The topological polar surface area (TPSA) is 88.9 Å². The second-order valence-corrected chi connectivity index (χ2v) is 10.3. The van der Waals surface area contributed by atoms with Crippen LogP contribution in [0, 0.1) is 6.92 Å². The van der Waals surface area contributed by atoms with Crippen LogP contribution in [0.15, 0.2) is 74.5 Å². The maximum Gasteiger partial charge on any atom is 1.00 e. The Hall–Kier alpha value is -1.25. The van der Waals surface area contributed by atoms with E-state index in [0.717, 1.165) is 20.9 Å². The van der Waals surface area contributed by atoms with Crippen molar-refractivity contribution in [3.05, 3.63) is 97.6 Å². The molecule has 0 aliphatic rings. The first kappa shape index (κ1) is 33.7. The molecule has 4 aromatic heterocycles. The van der Waals surface area contributed by atoms with Crippen LogP contribution in [0.25, 0.3) is 0 Å². The fourth-order valence-electron chi connectivity index (χ4n) is 2.05. The molecule has 0 amide bonds. The van der Waals surface area contributed by atoms with Gasteiger partial charge < -0.3 is 12.0 Å². The van der Waals surface area contributed by atoms with Gasteiger partial charge in [0, 0.05) is 68.0 Å². The third-order valence-electron chi connectivity index (χ3n) is 3.93. The second kappa shape index (κ2) is 18.9. The van der Waals surface area contributed by atoms with E-state index in [0.29, 0.717) is 10.6 Å². The summed E-state index contributed by atoms with van der Waals surface area (Å²) in [6.07, 6.45) is 12.2. The average Bonchev–Trinajstić information content (AvgIpc) is 3.57. The molecule has 182 valence electrons. The minimum Gasteiger partial charge on any atom is -0.378 e. The van der Waals surface area contributed by atoms with Crippen molar-refractivity contribution in [2.75, 3.05) is 0 Å². The Balaban J connectivity index is 0.000000498. The number of ketones is 1. The Morgan fingerprint density at radius 3 is 2.06 bits per heavy atom. The van der Waals surface area contributed by atoms with Gasteiger partial charge in [-0.2, -0.15) is 6.42 Å². The van der Waals surface area contributed by atoms with E-state index in [-0.39, 0.29) is 24.6 Å².